The zero-order chi connectivity index (χ0) is 18.9. The first kappa shape index (κ1) is 19.5. The maximum absolute atomic E-state index is 12.2. The number of carbonyl (C=O) groups is 1. The van der Waals surface area contributed by atoms with Crippen molar-refractivity contribution in [2.75, 3.05) is 13.7 Å². The van der Waals surface area contributed by atoms with Gasteiger partial charge in [-0.2, -0.15) is 0 Å². The average Bonchev–Trinajstić information content (AvgIpc) is 3.11. The maximum Gasteiger partial charge on any atom is 0.273 e. The molecule has 0 aliphatic heterocycles. The SMILES string of the molecule is COc1ccc(-c2cc(C(=O)NC/C=C(\C)CCC=C(C)C)no2)cc1. The van der Waals surface area contributed by atoms with E-state index in [9.17, 15) is 4.79 Å². The molecule has 1 N–H and O–H groups in total. The molecular formula is C21H26N2O3. The summed E-state index contributed by atoms with van der Waals surface area (Å²) in [5, 5.41) is 6.69. The monoisotopic (exact) mass is 354 g/mol. The molecule has 1 heterocycles. The van der Waals surface area contributed by atoms with E-state index >= 15 is 0 Å². The summed E-state index contributed by atoms with van der Waals surface area (Å²) in [6.45, 7) is 6.74. The number of nitrogens with one attached hydrogen (secondary N) is 1. The number of aromatic nitrogens is 1. The quantitative estimate of drug-likeness (QED) is 0.693. The Morgan fingerprint density at radius 1 is 1.19 bits per heavy atom. The summed E-state index contributed by atoms with van der Waals surface area (Å²) in [6.07, 6.45) is 6.26. The normalized spacial score (nSPS) is 11.2. The molecule has 0 spiro atoms. The minimum Gasteiger partial charge on any atom is -0.497 e. The van der Waals surface area contributed by atoms with Crippen LogP contribution in [-0.4, -0.2) is 24.7 Å². The van der Waals surface area contributed by atoms with Gasteiger partial charge in [0.15, 0.2) is 11.5 Å². The molecule has 0 aliphatic rings. The molecule has 0 unspecified atom stereocenters. The van der Waals surface area contributed by atoms with Crippen molar-refractivity contribution in [1.82, 2.24) is 10.5 Å². The summed E-state index contributed by atoms with van der Waals surface area (Å²) < 4.78 is 10.4. The Morgan fingerprint density at radius 3 is 2.58 bits per heavy atom. The Kier molecular flexibility index (Phi) is 7.21. The summed E-state index contributed by atoms with van der Waals surface area (Å²) in [4.78, 5) is 12.2. The van der Waals surface area contributed by atoms with Crippen LogP contribution in [0.4, 0.5) is 0 Å². The number of methoxy groups -OCH3 is 1. The van der Waals surface area contributed by atoms with E-state index in [1.807, 2.05) is 30.3 Å². The first-order valence-corrected chi connectivity index (χ1v) is 8.68. The highest BCUT2D eigenvalue weighted by molar-refractivity contribution is 5.93. The Bertz CT molecular complexity index is 782. The van der Waals surface area contributed by atoms with Crippen LogP contribution in [0.2, 0.25) is 0 Å². The van der Waals surface area contributed by atoms with Crippen LogP contribution in [0.15, 0.2) is 58.2 Å². The molecule has 5 heteroatoms. The molecule has 0 aliphatic carbocycles. The molecule has 2 aromatic rings. The van der Waals surface area contributed by atoms with Gasteiger partial charge in [-0.3, -0.25) is 4.79 Å². The highest BCUT2D eigenvalue weighted by Gasteiger charge is 2.13. The fourth-order valence-electron chi connectivity index (χ4n) is 2.37. The third-order valence-corrected chi connectivity index (χ3v) is 3.92. The van der Waals surface area contributed by atoms with Crippen molar-refractivity contribution in [2.24, 2.45) is 0 Å². The average molecular weight is 354 g/mol. The molecule has 1 amide bonds. The molecule has 0 saturated carbocycles. The number of allylic oxidation sites excluding steroid dienone is 3. The molecule has 1 aromatic heterocycles. The van der Waals surface area contributed by atoms with E-state index in [0.717, 1.165) is 24.2 Å². The molecule has 0 bridgehead atoms. The number of ether oxygens (including phenoxy) is 1. The zero-order valence-corrected chi connectivity index (χ0v) is 15.8. The fourth-order valence-corrected chi connectivity index (χ4v) is 2.37. The minimum atomic E-state index is -0.248. The lowest BCUT2D eigenvalue weighted by molar-refractivity contribution is 0.0949. The van der Waals surface area contributed by atoms with E-state index < -0.39 is 0 Å². The molecule has 0 fully saturated rings. The van der Waals surface area contributed by atoms with E-state index in [1.54, 1.807) is 13.2 Å². The van der Waals surface area contributed by atoms with Crippen molar-refractivity contribution in [3.8, 4) is 17.1 Å². The van der Waals surface area contributed by atoms with Gasteiger partial charge >= 0.3 is 0 Å². The van der Waals surface area contributed by atoms with Gasteiger partial charge in [0, 0.05) is 18.2 Å². The molecule has 0 atom stereocenters. The van der Waals surface area contributed by atoms with E-state index in [2.05, 4.69) is 37.3 Å². The molecule has 26 heavy (non-hydrogen) atoms. The zero-order valence-electron chi connectivity index (χ0n) is 15.8. The summed E-state index contributed by atoms with van der Waals surface area (Å²) in [5.74, 6) is 1.06. The highest BCUT2D eigenvalue weighted by Crippen LogP contribution is 2.23. The fraction of sp³-hybridized carbons (Fsp3) is 0.333. The van der Waals surface area contributed by atoms with Crippen molar-refractivity contribution >= 4 is 5.91 Å². The Labute approximate surface area is 154 Å². The first-order chi connectivity index (χ1) is 12.5. The van der Waals surface area contributed by atoms with Crippen LogP contribution >= 0.6 is 0 Å². The maximum atomic E-state index is 12.2. The Morgan fingerprint density at radius 2 is 1.92 bits per heavy atom. The summed E-state index contributed by atoms with van der Waals surface area (Å²) in [6, 6.07) is 9.03. The van der Waals surface area contributed by atoms with Crippen LogP contribution in [0.1, 0.15) is 44.1 Å². The van der Waals surface area contributed by atoms with Crippen molar-refractivity contribution in [3.05, 3.63) is 59.3 Å². The smallest absolute Gasteiger partial charge is 0.273 e. The van der Waals surface area contributed by atoms with Crippen molar-refractivity contribution < 1.29 is 14.1 Å². The molecular weight excluding hydrogens is 328 g/mol. The van der Waals surface area contributed by atoms with Crippen molar-refractivity contribution in [3.63, 3.8) is 0 Å². The van der Waals surface area contributed by atoms with Gasteiger partial charge in [-0.15, -0.1) is 0 Å². The van der Waals surface area contributed by atoms with Gasteiger partial charge < -0.3 is 14.6 Å². The largest absolute Gasteiger partial charge is 0.497 e. The second-order valence-electron chi connectivity index (χ2n) is 6.39. The van der Waals surface area contributed by atoms with Gasteiger partial charge in [0.2, 0.25) is 0 Å². The summed E-state index contributed by atoms with van der Waals surface area (Å²) in [5.41, 5.74) is 3.69. The minimum absolute atomic E-state index is 0.248. The van der Waals surface area contributed by atoms with Crippen molar-refractivity contribution in [2.45, 2.75) is 33.6 Å². The van der Waals surface area contributed by atoms with E-state index in [0.29, 0.717) is 12.3 Å². The summed E-state index contributed by atoms with van der Waals surface area (Å²) >= 11 is 0. The molecule has 2 rings (SSSR count). The van der Waals surface area contributed by atoms with Crippen LogP contribution in [0, 0.1) is 0 Å². The molecule has 0 saturated heterocycles. The lowest BCUT2D eigenvalue weighted by Gasteiger charge is -2.01. The number of benzene rings is 1. The van der Waals surface area contributed by atoms with Crippen LogP contribution in [0.5, 0.6) is 5.75 Å². The molecule has 1 aromatic carbocycles. The number of rotatable bonds is 8. The van der Waals surface area contributed by atoms with E-state index in [4.69, 9.17) is 9.26 Å². The van der Waals surface area contributed by atoms with Gasteiger partial charge in [0.05, 0.1) is 7.11 Å². The lowest BCUT2D eigenvalue weighted by Crippen LogP contribution is -2.23. The number of carbonyl (C=O) groups excluding carboxylic acids is 1. The van der Waals surface area contributed by atoms with Crippen LogP contribution < -0.4 is 10.1 Å². The van der Waals surface area contributed by atoms with Crippen LogP contribution in [0.3, 0.4) is 0 Å². The number of hydrogen-bond acceptors (Lipinski definition) is 4. The van der Waals surface area contributed by atoms with Gasteiger partial charge in [-0.05, 0) is 57.9 Å². The third kappa shape index (κ3) is 5.92. The predicted molar refractivity (Wildman–Crippen MR) is 103 cm³/mol. The van der Waals surface area contributed by atoms with Crippen molar-refractivity contribution in [1.29, 1.82) is 0 Å². The number of amides is 1. The third-order valence-electron chi connectivity index (χ3n) is 3.92. The standard InChI is InChI=1S/C21H26N2O3/c1-15(2)6-5-7-16(3)12-13-22-21(24)19-14-20(26-23-19)17-8-10-18(25-4)11-9-17/h6,8-12,14H,5,7,13H2,1-4H3,(H,22,24)/b16-12+. The number of hydrogen-bond donors (Lipinski definition) is 1. The van der Waals surface area contributed by atoms with E-state index in [1.165, 1.54) is 11.1 Å². The van der Waals surface area contributed by atoms with Gasteiger partial charge in [-0.25, -0.2) is 0 Å². The molecule has 0 radical (unpaired) electrons. The van der Waals surface area contributed by atoms with Gasteiger partial charge in [-0.1, -0.05) is 28.5 Å². The topological polar surface area (TPSA) is 64.4 Å². The summed E-state index contributed by atoms with van der Waals surface area (Å²) in [7, 11) is 1.61. The van der Waals surface area contributed by atoms with Crippen LogP contribution in [0.25, 0.3) is 11.3 Å². The molecule has 138 valence electrons. The number of nitrogens with zero attached hydrogens (tertiary/aromatic N) is 1. The van der Waals surface area contributed by atoms with Gasteiger partial charge in [0.1, 0.15) is 5.75 Å². The van der Waals surface area contributed by atoms with Crippen LogP contribution in [-0.2, 0) is 0 Å². The molecule has 5 nitrogen and oxygen atoms in total. The van der Waals surface area contributed by atoms with E-state index in [-0.39, 0.29) is 11.6 Å². The second kappa shape index (κ2) is 9.61. The Hall–Kier alpha value is -2.82. The Balaban J connectivity index is 1.88. The van der Waals surface area contributed by atoms with Gasteiger partial charge in [0.25, 0.3) is 5.91 Å². The first-order valence-electron chi connectivity index (χ1n) is 8.68. The highest BCUT2D eigenvalue weighted by atomic mass is 16.5. The second-order valence-corrected chi connectivity index (χ2v) is 6.39. The lowest BCUT2D eigenvalue weighted by atomic mass is 10.1. The predicted octanol–water partition coefficient (Wildman–Crippen LogP) is 4.77.